The Bertz CT molecular complexity index is 853. The van der Waals surface area contributed by atoms with E-state index in [1.165, 1.54) is 0 Å². The van der Waals surface area contributed by atoms with Crippen molar-refractivity contribution in [1.29, 1.82) is 0 Å². The van der Waals surface area contributed by atoms with Gasteiger partial charge in [-0.2, -0.15) is 0 Å². The molecular formula is C19H20N4O. The third kappa shape index (κ3) is 2.77. The Balaban J connectivity index is 1.56. The van der Waals surface area contributed by atoms with Crippen molar-refractivity contribution >= 4 is 16.8 Å². The second-order valence-corrected chi connectivity index (χ2v) is 6.45. The van der Waals surface area contributed by atoms with Crippen LogP contribution < -0.4 is 0 Å². The Morgan fingerprint density at radius 2 is 2.17 bits per heavy atom. The predicted molar refractivity (Wildman–Crippen MR) is 92.9 cm³/mol. The van der Waals surface area contributed by atoms with E-state index in [1.54, 1.807) is 6.20 Å². The number of aromatic amines is 1. The van der Waals surface area contributed by atoms with Crippen molar-refractivity contribution in [3.8, 4) is 0 Å². The number of hydrogen-bond donors (Lipinski definition) is 1. The Morgan fingerprint density at radius 3 is 3.00 bits per heavy atom. The molecule has 0 saturated carbocycles. The molecule has 1 saturated heterocycles. The first-order valence-corrected chi connectivity index (χ1v) is 8.36. The van der Waals surface area contributed by atoms with Crippen LogP contribution in [0.2, 0.25) is 0 Å². The molecule has 24 heavy (non-hydrogen) atoms. The van der Waals surface area contributed by atoms with E-state index in [2.05, 4.69) is 15.0 Å². The number of H-pyrrole nitrogens is 1. The number of fused-ring (bicyclic) bond motifs is 1. The summed E-state index contributed by atoms with van der Waals surface area (Å²) in [6.07, 6.45) is 5.63. The van der Waals surface area contributed by atoms with Crippen LogP contribution in [0.1, 0.15) is 40.6 Å². The lowest BCUT2D eigenvalue weighted by molar-refractivity contribution is 0.0701. The number of para-hydroxylation sites is 1. The Morgan fingerprint density at radius 1 is 1.29 bits per heavy atom. The Hall–Kier alpha value is -2.69. The SMILES string of the molecule is Cc1cncc([C@H]2CCCN(C(=O)c3cc4ccccc4[nH]3)C2)n1. The maximum Gasteiger partial charge on any atom is 0.270 e. The number of benzene rings is 1. The largest absolute Gasteiger partial charge is 0.351 e. The van der Waals surface area contributed by atoms with Gasteiger partial charge in [-0.15, -0.1) is 0 Å². The van der Waals surface area contributed by atoms with E-state index in [1.807, 2.05) is 48.4 Å². The number of rotatable bonds is 2. The number of nitrogens with one attached hydrogen (secondary N) is 1. The molecule has 1 aliphatic rings. The molecule has 122 valence electrons. The monoisotopic (exact) mass is 320 g/mol. The van der Waals surface area contributed by atoms with Crippen molar-refractivity contribution in [3.63, 3.8) is 0 Å². The van der Waals surface area contributed by atoms with Crippen LogP contribution in [-0.4, -0.2) is 38.8 Å². The third-order valence-corrected chi connectivity index (χ3v) is 4.66. The van der Waals surface area contributed by atoms with E-state index in [9.17, 15) is 4.79 Å². The van der Waals surface area contributed by atoms with Crippen molar-refractivity contribution in [1.82, 2.24) is 19.9 Å². The van der Waals surface area contributed by atoms with Gasteiger partial charge in [-0.25, -0.2) is 0 Å². The minimum Gasteiger partial charge on any atom is -0.351 e. The van der Waals surface area contributed by atoms with Crippen LogP contribution in [0, 0.1) is 6.92 Å². The summed E-state index contributed by atoms with van der Waals surface area (Å²) < 4.78 is 0. The maximum absolute atomic E-state index is 12.9. The average molecular weight is 320 g/mol. The molecular weight excluding hydrogens is 300 g/mol. The molecule has 4 rings (SSSR count). The van der Waals surface area contributed by atoms with Gasteiger partial charge in [0.25, 0.3) is 5.91 Å². The summed E-state index contributed by atoms with van der Waals surface area (Å²) in [5.41, 5.74) is 3.57. The first-order chi connectivity index (χ1) is 11.7. The summed E-state index contributed by atoms with van der Waals surface area (Å²) in [5, 5.41) is 1.07. The Kier molecular flexibility index (Phi) is 3.76. The highest BCUT2D eigenvalue weighted by atomic mass is 16.2. The number of hydrogen-bond acceptors (Lipinski definition) is 3. The van der Waals surface area contributed by atoms with Crippen LogP contribution >= 0.6 is 0 Å². The molecule has 5 heteroatoms. The standard InChI is InChI=1S/C19H20N4O/c1-13-10-20-11-18(21-13)15-6-4-8-23(12-15)19(24)17-9-14-5-2-3-7-16(14)22-17/h2-3,5,7,9-11,15,22H,4,6,8,12H2,1H3/t15-/m0/s1. The van der Waals surface area contributed by atoms with E-state index < -0.39 is 0 Å². The van der Waals surface area contributed by atoms with Gasteiger partial charge >= 0.3 is 0 Å². The van der Waals surface area contributed by atoms with Crippen LogP contribution in [0.4, 0.5) is 0 Å². The first-order valence-electron chi connectivity index (χ1n) is 8.36. The highest BCUT2D eigenvalue weighted by Crippen LogP contribution is 2.26. The topological polar surface area (TPSA) is 61.9 Å². The normalized spacial score (nSPS) is 18.0. The molecule has 2 aromatic heterocycles. The lowest BCUT2D eigenvalue weighted by Crippen LogP contribution is -2.39. The number of carbonyl (C=O) groups excluding carboxylic acids is 1. The molecule has 1 fully saturated rings. The lowest BCUT2D eigenvalue weighted by atomic mass is 9.94. The van der Waals surface area contributed by atoms with Gasteiger partial charge in [0, 0.05) is 42.3 Å². The van der Waals surface area contributed by atoms with Crippen LogP contribution in [0.15, 0.2) is 42.7 Å². The minimum absolute atomic E-state index is 0.0662. The van der Waals surface area contributed by atoms with Crippen molar-refractivity contribution in [2.45, 2.75) is 25.7 Å². The molecule has 3 aromatic rings. The average Bonchev–Trinajstić information content (AvgIpc) is 3.05. The van der Waals surface area contributed by atoms with Gasteiger partial charge in [0.15, 0.2) is 0 Å². The molecule has 3 heterocycles. The number of aryl methyl sites for hydroxylation is 1. The summed E-state index contributed by atoms with van der Waals surface area (Å²) in [6.45, 7) is 3.45. The number of amides is 1. The van der Waals surface area contributed by atoms with Gasteiger partial charge < -0.3 is 9.88 Å². The summed E-state index contributed by atoms with van der Waals surface area (Å²) in [6, 6.07) is 9.91. The lowest BCUT2D eigenvalue weighted by Gasteiger charge is -2.32. The van der Waals surface area contributed by atoms with Crippen LogP contribution in [0.25, 0.3) is 10.9 Å². The summed E-state index contributed by atoms with van der Waals surface area (Å²) in [5.74, 6) is 0.330. The number of carbonyl (C=O) groups is 1. The van der Waals surface area contributed by atoms with Gasteiger partial charge in [-0.05, 0) is 31.9 Å². The smallest absolute Gasteiger partial charge is 0.270 e. The van der Waals surface area contributed by atoms with Crippen molar-refractivity contribution in [3.05, 3.63) is 59.8 Å². The fraction of sp³-hybridized carbons (Fsp3) is 0.316. The number of piperidine rings is 1. The molecule has 1 aliphatic heterocycles. The molecule has 1 aromatic carbocycles. The highest BCUT2D eigenvalue weighted by molar-refractivity contribution is 5.98. The van der Waals surface area contributed by atoms with E-state index in [4.69, 9.17) is 0 Å². The third-order valence-electron chi connectivity index (χ3n) is 4.66. The molecule has 0 unspecified atom stereocenters. The van der Waals surface area contributed by atoms with Gasteiger partial charge in [-0.1, -0.05) is 18.2 Å². The molecule has 1 amide bonds. The van der Waals surface area contributed by atoms with Gasteiger partial charge in [0.2, 0.25) is 0 Å². The highest BCUT2D eigenvalue weighted by Gasteiger charge is 2.27. The molecule has 1 atom stereocenters. The zero-order valence-corrected chi connectivity index (χ0v) is 13.7. The van der Waals surface area contributed by atoms with E-state index in [-0.39, 0.29) is 11.8 Å². The number of likely N-dealkylation sites (tertiary alicyclic amines) is 1. The van der Waals surface area contributed by atoms with Gasteiger partial charge in [0.1, 0.15) is 5.69 Å². The summed E-state index contributed by atoms with van der Waals surface area (Å²) >= 11 is 0. The molecule has 0 bridgehead atoms. The first kappa shape index (κ1) is 14.9. The van der Waals surface area contributed by atoms with Crippen molar-refractivity contribution in [2.75, 3.05) is 13.1 Å². The molecule has 0 radical (unpaired) electrons. The van der Waals surface area contributed by atoms with E-state index in [0.29, 0.717) is 12.2 Å². The van der Waals surface area contributed by atoms with Crippen LogP contribution in [0.5, 0.6) is 0 Å². The van der Waals surface area contributed by atoms with Crippen molar-refractivity contribution < 1.29 is 4.79 Å². The minimum atomic E-state index is 0.0662. The van der Waals surface area contributed by atoms with E-state index >= 15 is 0 Å². The van der Waals surface area contributed by atoms with Gasteiger partial charge in [0.05, 0.1) is 11.4 Å². The molecule has 5 nitrogen and oxygen atoms in total. The van der Waals surface area contributed by atoms with Crippen molar-refractivity contribution in [2.24, 2.45) is 0 Å². The fourth-order valence-electron chi connectivity index (χ4n) is 3.44. The fourth-order valence-corrected chi connectivity index (χ4v) is 3.44. The number of nitrogens with zero attached hydrogens (tertiary/aromatic N) is 3. The Labute approximate surface area is 140 Å². The van der Waals surface area contributed by atoms with E-state index in [0.717, 1.165) is 41.7 Å². The number of aromatic nitrogens is 3. The molecule has 0 aliphatic carbocycles. The predicted octanol–water partition coefficient (Wildman–Crippen LogP) is 3.29. The summed E-state index contributed by atoms with van der Waals surface area (Å²) in [4.78, 5) is 26.9. The van der Waals surface area contributed by atoms with Crippen LogP contribution in [0.3, 0.4) is 0 Å². The zero-order chi connectivity index (χ0) is 16.5. The van der Waals surface area contributed by atoms with Crippen LogP contribution in [-0.2, 0) is 0 Å². The van der Waals surface area contributed by atoms with Gasteiger partial charge in [-0.3, -0.25) is 14.8 Å². The zero-order valence-electron chi connectivity index (χ0n) is 13.7. The molecule has 1 N–H and O–H groups in total. The molecule has 0 spiro atoms. The second kappa shape index (κ2) is 6.07. The quantitative estimate of drug-likeness (QED) is 0.788. The maximum atomic E-state index is 12.9. The second-order valence-electron chi connectivity index (χ2n) is 6.45. The summed E-state index contributed by atoms with van der Waals surface area (Å²) in [7, 11) is 0.